The summed E-state index contributed by atoms with van der Waals surface area (Å²) < 4.78 is 33.4. The Morgan fingerprint density at radius 1 is 1.26 bits per heavy atom. The second-order valence-electron chi connectivity index (χ2n) is 5.53. The van der Waals surface area contributed by atoms with E-state index in [1.54, 1.807) is 6.07 Å². The van der Waals surface area contributed by atoms with E-state index in [4.69, 9.17) is 10.5 Å². The number of hydrogen-bond acceptors (Lipinski definition) is 5. The molecule has 0 amide bonds. The Kier molecular flexibility index (Phi) is 4.38. The van der Waals surface area contributed by atoms with Crippen LogP contribution in [-0.4, -0.2) is 29.7 Å². The number of ether oxygens (including phenoxy) is 1. The van der Waals surface area contributed by atoms with E-state index in [1.807, 2.05) is 11.8 Å². The fraction of sp³-hybridized carbons (Fsp3) is 0.375. The first-order valence-electron chi connectivity index (χ1n) is 7.45. The van der Waals surface area contributed by atoms with Gasteiger partial charge in [-0.2, -0.15) is 4.98 Å². The summed E-state index contributed by atoms with van der Waals surface area (Å²) in [5, 5.41) is 0. The zero-order chi connectivity index (χ0) is 16.4. The van der Waals surface area contributed by atoms with E-state index in [0.29, 0.717) is 19.0 Å². The summed E-state index contributed by atoms with van der Waals surface area (Å²) in [4.78, 5) is 10.2. The quantitative estimate of drug-likeness (QED) is 0.921. The van der Waals surface area contributed by atoms with Gasteiger partial charge in [-0.1, -0.05) is 0 Å². The SMILES string of the molecule is Cc1cc(N2CCCOC[C@H]2c2cc(F)ccc2F)nc(N)n1. The third kappa shape index (κ3) is 3.39. The van der Waals surface area contributed by atoms with Gasteiger partial charge in [0.1, 0.15) is 17.5 Å². The molecule has 7 heteroatoms. The molecule has 23 heavy (non-hydrogen) atoms. The average molecular weight is 320 g/mol. The van der Waals surface area contributed by atoms with Crippen LogP contribution in [0.5, 0.6) is 0 Å². The largest absolute Gasteiger partial charge is 0.379 e. The lowest BCUT2D eigenvalue weighted by atomic mass is 10.0. The molecule has 1 aromatic carbocycles. The maximum absolute atomic E-state index is 14.2. The summed E-state index contributed by atoms with van der Waals surface area (Å²) in [6.45, 7) is 3.23. The zero-order valence-electron chi connectivity index (χ0n) is 12.8. The van der Waals surface area contributed by atoms with Gasteiger partial charge < -0.3 is 15.4 Å². The van der Waals surface area contributed by atoms with E-state index in [-0.39, 0.29) is 18.1 Å². The highest BCUT2D eigenvalue weighted by molar-refractivity contribution is 5.46. The topological polar surface area (TPSA) is 64.3 Å². The number of nitrogen functional groups attached to an aromatic ring is 1. The molecular weight excluding hydrogens is 302 g/mol. The smallest absolute Gasteiger partial charge is 0.222 e. The number of aryl methyl sites for hydroxylation is 1. The van der Waals surface area contributed by atoms with Crippen molar-refractivity contribution in [3.63, 3.8) is 0 Å². The number of aromatic nitrogens is 2. The van der Waals surface area contributed by atoms with Crippen LogP contribution in [0, 0.1) is 18.6 Å². The minimum atomic E-state index is -0.482. The van der Waals surface area contributed by atoms with E-state index in [2.05, 4.69) is 9.97 Å². The number of hydrogen-bond donors (Lipinski definition) is 1. The van der Waals surface area contributed by atoms with E-state index in [0.717, 1.165) is 24.2 Å². The molecule has 0 bridgehead atoms. The Morgan fingerprint density at radius 2 is 2.09 bits per heavy atom. The highest BCUT2D eigenvalue weighted by atomic mass is 19.1. The number of benzene rings is 1. The van der Waals surface area contributed by atoms with Crippen LogP contribution in [0.25, 0.3) is 0 Å². The van der Waals surface area contributed by atoms with Crippen molar-refractivity contribution in [3.8, 4) is 0 Å². The van der Waals surface area contributed by atoms with Crippen molar-refractivity contribution in [2.24, 2.45) is 0 Å². The van der Waals surface area contributed by atoms with E-state index >= 15 is 0 Å². The molecular formula is C16H18F2N4O. The first kappa shape index (κ1) is 15.6. The highest BCUT2D eigenvalue weighted by Gasteiger charge is 2.27. The molecule has 1 aromatic heterocycles. The predicted molar refractivity (Wildman–Crippen MR) is 83.1 cm³/mol. The van der Waals surface area contributed by atoms with E-state index < -0.39 is 17.7 Å². The van der Waals surface area contributed by atoms with Gasteiger partial charge in [-0.05, 0) is 31.5 Å². The van der Waals surface area contributed by atoms with Gasteiger partial charge in [0.15, 0.2) is 0 Å². The Hall–Kier alpha value is -2.28. The molecule has 0 radical (unpaired) electrons. The Balaban J connectivity index is 2.05. The molecule has 0 aliphatic carbocycles. The van der Waals surface area contributed by atoms with Crippen LogP contribution in [0.15, 0.2) is 24.3 Å². The van der Waals surface area contributed by atoms with Crippen LogP contribution in [0.4, 0.5) is 20.5 Å². The lowest BCUT2D eigenvalue weighted by Gasteiger charge is -2.31. The summed E-state index contributed by atoms with van der Waals surface area (Å²) >= 11 is 0. The lowest BCUT2D eigenvalue weighted by Crippen LogP contribution is -2.32. The molecule has 1 atom stereocenters. The molecule has 0 spiro atoms. The molecule has 1 fully saturated rings. The predicted octanol–water partition coefficient (Wildman–Crippen LogP) is 2.61. The second kappa shape index (κ2) is 6.45. The van der Waals surface area contributed by atoms with Crippen molar-refractivity contribution < 1.29 is 13.5 Å². The van der Waals surface area contributed by atoms with Gasteiger partial charge in [-0.3, -0.25) is 0 Å². The van der Waals surface area contributed by atoms with Crippen molar-refractivity contribution >= 4 is 11.8 Å². The summed E-state index contributed by atoms with van der Waals surface area (Å²) in [5.41, 5.74) is 6.70. The van der Waals surface area contributed by atoms with Crippen molar-refractivity contribution in [1.29, 1.82) is 0 Å². The minimum Gasteiger partial charge on any atom is -0.379 e. The third-order valence-electron chi connectivity index (χ3n) is 3.81. The molecule has 1 aliphatic rings. The molecule has 2 N–H and O–H groups in total. The van der Waals surface area contributed by atoms with Crippen LogP contribution < -0.4 is 10.6 Å². The minimum absolute atomic E-state index is 0.156. The molecule has 0 saturated carbocycles. The third-order valence-corrected chi connectivity index (χ3v) is 3.81. The standard InChI is InChI=1S/C16H18F2N4O/c1-10-7-15(21-16(19)20-10)22-5-2-6-23-9-14(22)12-8-11(17)3-4-13(12)18/h3-4,7-8,14H,2,5-6,9H2,1H3,(H2,19,20,21)/t14-/m0/s1. The molecule has 122 valence electrons. The second-order valence-corrected chi connectivity index (χ2v) is 5.53. The molecule has 3 rings (SSSR count). The van der Waals surface area contributed by atoms with Crippen molar-refractivity contribution in [1.82, 2.24) is 9.97 Å². The number of nitrogens with two attached hydrogens (primary N) is 1. The van der Waals surface area contributed by atoms with Gasteiger partial charge in [0.05, 0.1) is 12.6 Å². The normalized spacial score (nSPS) is 18.7. The summed E-state index contributed by atoms with van der Waals surface area (Å²) in [6, 6.07) is 4.76. The van der Waals surface area contributed by atoms with Crippen LogP contribution in [0.1, 0.15) is 23.7 Å². The van der Waals surface area contributed by atoms with Gasteiger partial charge >= 0.3 is 0 Å². The van der Waals surface area contributed by atoms with Gasteiger partial charge in [0, 0.05) is 30.5 Å². The fourth-order valence-corrected chi connectivity index (χ4v) is 2.80. The lowest BCUT2D eigenvalue weighted by molar-refractivity contribution is 0.133. The zero-order valence-corrected chi connectivity index (χ0v) is 12.8. The molecule has 1 saturated heterocycles. The molecule has 2 aromatic rings. The Labute approximate surface area is 133 Å². The number of rotatable bonds is 2. The van der Waals surface area contributed by atoms with Crippen LogP contribution in [-0.2, 0) is 4.74 Å². The fourth-order valence-electron chi connectivity index (χ4n) is 2.80. The number of anilines is 2. The number of nitrogens with zero attached hydrogens (tertiary/aromatic N) is 3. The van der Waals surface area contributed by atoms with E-state index in [9.17, 15) is 8.78 Å². The van der Waals surface area contributed by atoms with E-state index in [1.165, 1.54) is 6.07 Å². The summed E-state index contributed by atoms with van der Waals surface area (Å²) in [6.07, 6.45) is 0.760. The molecule has 5 nitrogen and oxygen atoms in total. The average Bonchev–Trinajstić information content (AvgIpc) is 2.74. The monoisotopic (exact) mass is 320 g/mol. The van der Waals surface area contributed by atoms with Crippen molar-refractivity contribution in [2.45, 2.75) is 19.4 Å². The van der Waals surface area contributed by atoms with Crippen LogP contribution in [0.2, 0.25) is 0 Å². The van der Waals surface area contributed by atoms with Gasteiger partial charge in [-0.15, -0.1) is 0 Å². The molecule has 0 unspecified atom stereocenters. The molecule has 2 heterocycles. The summed E-state index contributed by atoms with van der Waals surface area (Å²) in [5.74, 6) is -0.201. The van der Waals surface area contributed by atoms with Crippen molar-refractivity contribution in [2.75, 3.05) is 30.4 Å². The van der Waals surface area contributed by atoms with Gasteiger partial charge in [0.25, 0.3) is 0 Å². The maximum Gasteiger partial charge on any atom is 0.222 e. The van der Waals surface area contributed by atoms with Gasteiger partial charge in [-0.25, -0.2) is 13.8 Å². The number of halogens is 2. The highest BCUT2D eigenvalue weighted by Crippen LogP contribution is 2.31. The van der Waals surface area contributed by atoms with Crippen molar-refractivity contribution in [3.05, 3.63) is 47.2 Å². The first-order valence-corrected chi connectivity index (χ1v) is 7.45. The Bertz CT molecular complexity index is 690. The molecule has 1 aliphatic heterocycles. The summed E-state index contributed by atoms with van der Waals surface area (Å²) in [7, 11) is 0. The van der Waals surface area contributed by atoms with Crippen LogP contribution in [0.3, 0.4) is 0 Å². The first-order chi connectivity index (χ1) is 11.0. The van der Waals surface area contributed by atoms with Crippen LogP contribution >= 0.6 is 0 Å². The Morgan fingerprint density at radius 3 is 2.87 bits per heavy atom. The van der Waals surface area contributed by atoms with Gasteiger partial charge in [0.2, 0.25) is 5.95 Å². The maximum atomic E-state index is 14.2.